The van der Waals surface area contributed by atoms with Gasteiger partial charge in [-0.2, -0.15) is 5.26 Å². The molecule has 0 spiro atoms. The zero-order chi connectivity index (χ0) is 15.2. The lowest BCUT2D eigenvalue weighted by Crippen LogP contribution is -2.36. The Bertz CT molecular complexity index is 596. The molecule has 1 N–H and O–H groups in total. The summed E-state index contributed by atoms with van der Waals surface area (Å²) in [6.07, 6.45) is 1.62. The van der Waals surface area contributed by atoms with Gasteiger partial charge in [-0.25, -0.2) is 0 Å². The molecule has 2 rings (SSSR count). The van der Waals surface area contributed by atoms with Gasteiger partial charge in [0.15, 0.2) is 0 Å². The monoisotopic (exact) mass is 285 g/mol. The van der Waals surface area contributed by atoms with Gasteiger partial charge in [-0.3, -0.25) is 4.79 Å². The van der Waals surface area contributed by atoms with Gasteiger partial charge in [0.1, 0.15) is 11.6 Å². The Morgan fingerprint density at radius 1 is 1.43 bits per heavy atom. The number of ether oxygens (including phenoxy) is 1. The molecule has 0 aromatic heterocycles. The molecule has 0 bridgehead atoms. The molecule has 0 saturated carbocycles. The molecule has 21 heavy (non-hydrogen) atoms. The maximum Gasteiger partial charge on any atom is 0.261 e. The van der Waals surface area contributed by atoms with Crippen LogP contribution in [0, 0.1) is 18.3 Å². The second-order valence-electron chi connectivity index (χ2n) is 4.89. The first-order valence-electron chi connectivity index (χ1n) is 6.93. The molecule has 1 aliphatic rings. The van der Waals surface area contributed by atoms with Gasteiger partial charge in [0, 0.05) is 25.8 Å². The molecule has 0 unspecified atom stereocenters. The summed E-state index contributed by atoms with van der Waals surface area (Å²) in [4.78, 5) is 13.8. The number of carbonyl (C=O) groups is 1. The van der Waals surface area contributed by atoms with E-state index in [0.717, 1.165) is 43.1 Å². The van der Waals surface area contributed by atoms with Crippen molar-refractivity contribution in [3.05, 3.63) is 34.9 Å². The van der Waals surface area contributed by atoms with Crippen molar-refractivity contribution in [3.8, 4) is 6.07 Å². The molecule has 0 radical (unpaired) electrons. The Morgan fingerprint density at radius 2 is 2.14 bits per heavy atom. The van der Waals surface area contributed by atoms with Crippen molar-refractivity contribution in [3.63, 3.8) is 0 Å². The number of hydrogen-bond acceptors (Lipinski definition) is 4. The Labute approximate surface area is 124 Å². The summed E-state index contributed by atoms with van der Waals surface area (Å²) >= 11 is 0. The van der Waals surface area contributed by atoms with Crippen molar-refractivity contribution >= 4 is 17.7 Å². The fourth-order valence-corrected chi connectivity index (χ4v) is 2.28. The minimum absolute atomic E-state index is 0.111. The molecule has 5 nitrogen and oxygen atoms in total. The number of hydrogen-bond donors (Lipinski definition) is 1. The number of amides is 1. The van der Waals surface area contributed by atoms with Crippen molar-refractivity contribution in [1.29, 1.82) is 5.26 Å². The summed E-state index contributed by atoms with van der Waals surface area (Å²) in [6.45, 7) is 5.24. The molecule has 1 fully saturated rings. The summed E-state index contributed by atoms with van der Waals surface area (Å²) < 4.78 is 5.35. The quantitative estimate of drug-likeness (QED) is 0.675. The fourth-order valence-electron chi connectivity index (χ4n) is 2.28. The van der Waals surface area contributed by atoms with Crippen LogP contribution in [-0.2, 0) is 9.53 Å². The molecule has 1 amide bonds. The number of morpholine rings is 1. The second-order valence-corrected chi connectivity index (χ2v) is 4.89. The van der Waals surface area contributed by atoms with E-state index in [2.05, 4.69) is 16.3 Å². The number of nitrogens with zero attached hydrogens (tertiary/aromatic N) is 2. The lowest BCUT2D eigenvalue weighted by atomic mass is 10.0. The average molecular weight is 285 g/mol. The van der Waals surface area contributed by atoms with Crippen LogP contribution in [0.3, 0.4) is 0 Å². The van der Waals surface area contributed by atoms with Crippen LogP contribution >= 0.6 is 0 Å². The molecule has 1 heterocycles. The third-order valence-corrected chi connectivity index (χ3v) is 3.52. The van der Waals surface area contributed by atoms with E-state index in [1.165, 1.54) is 7.05 Å². The van der Waals surface area contributed by atoms with Gasteiger partial charge in [0.2, 0.25) is 0 Å². The van der Waals surface area contributed by atoms with E-state index in [1.54, 1.807) is 6.08 Å². The average Bonchev–Trinajstić information content (AvgIpc) is 2.53. The number of aryl methyl sites for hydroxylation is 1. The molecule has 5 heteroatoms. The van der Waals surface area contributed by atoms with Crippen LogP contribution in [0.15, 0.2) is 23.8 Å². The molecule has 1 aromatic carbocycles. The highest BCUT2D eigenvalue weighted by atomic mass is 16.5. The van der Waals surface area contributed by atoms with Crippen LogP contribution < -0.4 is 10.2 Å². The van der Waals surface area contributed by atoms with Crippen molar-refractivity contribution in [2.24, 2.45) is 0 Å². The number of nitrogens with one attached hydrogen (secondary N) is 1. The van der Waals surface area contributed by atoms with E-state index in [1.807, 2.05) is 25.1 Å². The summed E-state index contributed by atoms with van der Waals surface area (Å²) in [6, 6.07) is 7.97. The highest BCUT2D eigenvalue weighted by Crippen LogP contribution is 2.22. The first-order chi connectivity index (χ1) is 10.2. The van der Waals surface area contributed by atoms with E-state index in [-0.39, 0.29) is 11.5 Å². The molecule has 1 aromatic rings. The van der Waals surface area contributed by atoms with E-state index in [4.69, 9.17) is 10.00 Å². The van der Waals surface area contributed by atoms with Gasteiger partial charge in [-0.1, -0.05) is 6.07 Å². The number of benzene rings is 1. The van der Waals surface area contributed by atoms with Gasteiger partial charge in [0.25, 0.3) is 5.91 Å². The van der Waals surface area contributed by atoms with Gasteiger partial charge in [-0.15, -0.1) is 0 Å². The minimum Gasteiger partial charge on any atom is -0.378 e. The predicted octanol–water partition coefficient (Wildman–Crippen LogP) is 1.48. The topological polar surface area (TPSA) is 65.4 Å². The Balaban J connectivity index is 2.25. The first kappa shape index (κ1) is 15.1. The van der Waals surface area contributed by atoms with Crippen LogP contribution in [0.5, 0.6) is 0 Å². The number of rotatable bonds is 3. The van der Waals surface area contributed by atoms with Gasteiger partial charge < -0.3 is 15.0 Å². The summed E-state index contributed by atoms with van der Waals surface area (Å²) in [5, 5.41) is 11.5. The highest BCUT2D eigenvalue weighted by molar-refractivity contribution is 6.01. The normalized spacial score (nSPS) is 15.5. The highest BCUT2D eigenvalue weighted by Gasteiger charge is 2.12. The zero-order valence-electron chi connectivity index (χ0n) is 12.3. The van der Waals surface area contributed by atoms with Crippen molar-refractivity contribution < 1.29 is 9.53 Å². The maximum atomic E-state index is 11.5. The SMILES string of the molecule is CNC(=O)/C(C#N)=C\c1ccc(N2CCOCC2)cc1C. The van der Waals surface area contributed by atoms with Crippen LogP contribution in [0.1, 0.15) is 11.1 Å². The third kappa shape index (κ3) is 3.61. The standard InChI is InChI=1S/C16H19N3O2/c1-12-9-15(19-5-7-21-8-6-19)4-3-13(12)10-14(11-17)16(20)18-2/h3-4,9-10H,5-8H2,1-2H3,(H,18,20)/b14-10-. The molecule has 0 atom stereocenters. The Hall–Kier alpha value is -2.32. The molecule has 110 valence electrons. The smallest absolute Gasteiger partial charge is 0.261 e. The Morgan fingerprint density at radius 3 is 2.71 bits per heavy atom. The fraction of sp³-hybridized carbons (Fsp3) is 0.375. The summed E-state index contributed by atoms with van der Waals surface area (Å²) in [5.41, 5.74) is 3.17. The third-order valence-electron chi connectivity index (χ3n) is 3.52. The number of anilines is 1. The number of likely N-dealkylation sites (N-methyl/N-ethyl adjacent to an activating group) is 1. The van der Waals surface area contributed by atoms with E-state index < -0.39 is 0 Å². The largest absolute Gasteiger partial charge is 0.378 e. The molecular weight excluding hydrogens is 266 g/mol. The lowest BCUT2D eigenvalue weighted by molar-refractivity contribution is -0.116. The van der Waals surface area contributed by atoms with Crippen molar-refractivity contribution in [1.82, 2.24) is 5.32 Å². The van der Waals surface area contributed by atoms with Gasteiger partial charge in [0.05, 0.1) is 13.2 Å². The van der Waals surface area contributed by atoms with Crippen molar-refractivity contribution in [2.75, 3.05) is 38.3 Å². The van der Waals surface area contributed by atoms with Crippen LogP contribution in [-0.4, -0.2) is 39.3 Å². The molecule has 1 aliphatic heterocycles. The van der Waals surface area contributed by atoms with Crippen LogP contribution in [0.2, 0.25) is 0 Å². The van der Waals surface area contributed by atoms with Gasteiger partial charge >= 0.3 is 0 Å². The summed E-state index contributed by atoms with van der Waals surface area (Å²) in [7, 11) is 1.52. The molecular formula is C16H19N3O2. The van der Waals surface area contributed by atoms with Gasteiger partial charge in [-0.05, 0) is 36.3 Å². The van der Waals surface area contributed by atoms with Crippen molar-refractivity contribution in [2.45, 2.75) is 6.92 Å². The van der Waals surface area contributed by atoms with E-state index in [0.29, 0.717) is 0 Å². The zero-order valence-corrected chi connectivity index (χ0v) is 12.3. The molecule has 0 aliphatic carbocycles. The predicted molar refractivity (Wildman–Crippen MR) is 81.9 cm³/mol. The lowest BCUT2D eigenvalue weighted by Gasteiger charge is -2.29. The van der Waals surface area contributed by atoms with Crippen LogP contribution in [0.25, 0.3) is 6.08 Å². The maximum absolute atomic E-state index is 11.5. The first-order valence-corrected chi connectivity index (χ1v) is 6.93. The minimum atomic E-state index is -0.367. The summed E-state index contributed by atoms with van der Waals surface area (Å²) in [5.74, 6) is -0.367. The van der Waals surface area contributed by atoms with E-state index >= 15 is 0 Å². The van der Waals surface area contributed by atoms with Crippen LogP contribution in [0.4, 0.5) is 5.69 Å². The number of nitriles is 1. The van der Waals surface area contributed by atoms with E-state index in [9.17, 15) is 4.79 Å². The Kier molecular flexibility index (Phi) is 4.96. The second kappa shape index (κ2) is 6.91. The number of carbonyl (C=O) groups excluding carboxylic acids is 1. The molecule has 1 saturated heterocycles.